The van der Waals surface area contributed by atoms with E-state index in [4.69, 9.17) is 5.73 Å². The van der Waals surface area contributed by atoms with Gasteiger partial charge in [0.1, 0.15) is 0 Å². The zero-order valence-electron chi connectivity index (χ0n) is 9.59. The fourth-order valence-electron chi connectivity index (χ4n) is 1.97. The number of aryl methyl sites for hydroxylation is 1. The number of hydrogen-bond acceptors (Lipinski definition) is 2. The molecule has 0 aliphatic rings. The molecule has 17 heavy (non-hydrogen) atoms. The molecule has 3 rings (SSSR count). The topological polar surface area (TPSA) is 43.3 Å². The quantitative estimate of drug-likeness (QED) is 0.644. The predicted octanol–water partition coefficient (Wildman–Crippen LogP) is 2.89. The SMILES string of the molecule is Cc1ccn2ncc(-c3ccc(N)cc3)c2c1. The van der Waals surface area contributed by atoms with Gasteiger partial charge >= 0.3 is 0 Å². The van der Waals surface area contributed by atoms with Crippen molar-refractivity contribution in [2.75, 3.05) is 5.73 Å². The summed E-state index contributed by atoms with van der Waals surface area (Å²) in [5.74, 6) is 0. The highest BCUT2D eigenvalue weighted by Gasteiger charge is 2.06. The first-order chi connectivity index (χ1) is 8.24. The Bertz CT molecular complexity index is 666. The van der Waals surface area contributed by atoms with E-state index in [0.717, 1.165) is 22.3 Å². The van der Waals surface area contributed by atoms with Gasteiger partial charge in [0.05, 0.1) is 11.7 Å². The second-order valence-electron chi connectivity index (χ2n) is 4.21. The van der Waals surface area contributed by atoms with Gasteiger partial charge < -0.3 is 5.73 Å². The molecular weight excluding hydrogens is 210 g/mol. The van der Waals surface area contributed by atoms with Crippen molar-refractivity contribution in [3.05, 3.63) is 54.4 Å². The lowest BCUT2D eigenvalue weighted by atomic mass is 10.1. The van der Waals surface area contributed by atoms with Crippen LogP contribution in [0.3, 0.4) is 0 Å². The zero-order valence-corrected chi connectivity index (χ0v) is 9.59. The fraction of sp³-hybridized carbons (Fsp3) is 0.0714. The molecule has 0 radical (unpaired) electrons. The van der Waals surface area contributed by atoms with Gasteiger partial charge in [-0.1, -0.05) is 12.1 Å². The second-order valence-corrected chi connectivity index (χ2v) is 4.21. The molecule has 2 heterocycles. The van der Waals surface area contributed by atoms with Crippen molar-refractivity contribution in [2.24, 2.45) is 0 Å². The van der Waals surface area contributed by atoms with Crippen molar-refractivity contribution in [1.82, 2.24) is 9.61 Å². The van der Waals surface area contributed by atoms with Gasteiger partial charge in [0.25, 0.3) is 0 Å². The number of rotatable bonds is 1. The smallest absolute Gasteiger partial charge is 0.0742 e. The highest BCUT2D eigenvalue weighted by atomic mass is 15.2. The van der Waals surface area contributed by atoms with E-state index >= 15 is 0 Å². The maximum atomic E-state index is 5.70. The number of nitrogens with zero attached hydrogens (tertiary/aromatic N) is 2. The van der Waals surface area contributed by atoms with E-state index in [2.05, 4.69) is 18.1 Å². The first-order valence-electron chi connectivity index (χ1n) is 5.54. The number of anilines is 1. The Morgan fingerprint density at radius 3 is 2.65 bits per heavy atom. The van der Waals surface area contributed by atoms with Crippen LogP contribution in [0.5, 0.6) is 0 Å². The van der Waals surface area contributed by atoms with Gasteiger partial charge in [-0.2, -0.15) is 5.10 Å². The molecule has 2 N–H and O–H groups in total. The van der Waals surface area contributed by atoms with Crippen LogP contribution in [-0.2, 0) is 0 Å². The number of nitrogen functional groups attached to an aromatic ring is 1. The third-order valence-electron chi connectivity index (χ3n) is 2.90. The van der Waals surface area contributed by atoms with Crippen LogP contribution >= 0.6 is 0 Å². The summed E-state index contributed by atoms with van der Waals surface area (Å²) in [4.78, 5) is 0. The van der Waals surface area contributed by atoms with Crippen molar-refractivity contribution in [1.29, 1.82) is 0 Å². The van der Waals surface area contributed by atoms with Crippen LogP contribution in [0.1, 0.15) is 5.56 Å². The Balaban J connectivity index is 2.23. The molecule has 3 heteroatoms. The summed E-state index contributed by atoms with van der Waals surface area (Å²) < 4.78 is 1.89. The zero-order chi connectivity index (χ0) is 11.8. The van der Waals surface area contributed by atoms with Gasteiger partial charge in [-0.15, -0.1) is 0 Å². The lowest BCUT2D eigenvalue weighted by molar-refractivity contribution is 0.958. The van der Waals surface area contributed by atoms with Crippen LogP contribution in [0.4, 0.5) is 5.69 Å². The van der Waals surface area contributed by atoms with Crippen molar-refractivity contribution < 1.29 is 0 Å². The van der Waals surface area contributed by atoms with Crippen LogP contribution in [0, 0.1) is 6.92 Å². The highest BCUT2D eigenvalue weighted by molar-refractivity contribution is 5.80. The summed E-state index contributed by atoms with van der Waals surface area (Å²) in [6, 6.07) is 12.1. The molecule has 0 spiro atoms. The Morgan fingerprint density at radius 2 is 1.88 bits per heavy atom. The van der Waals surface area contributed by atoms with Crippen LogP contribution in [0.15, 0.2) is 48.8 Å². The largest absolute Gasteiger partial charge is 0.399 e. The van der Waals surface area contributed by atoms with Gasteiger partial charge in [0.2, 0.25) is 0 Å². The monoisotopic (exact) mass is 223 g/mol. The summed E-state index contributed by atoms with van der Waals surface area (Å²) in [6.45, 7) is 2.08. The first kappa shape index (κ1) is 9.90. The molecule has 3 aromatic rings. The summed E-state index contributed by atoms with van der Waals surface area (Å²) in [5, 5.41) is 4.34. The molecule has 0 fully saturated rings. The number of hydrogen-bond donors (Lipinski definition) is 1. The highest BCUT2D eigenvalue weighted by Crippen LogP contribution is 2.25. The van der Waals surface area contributed by atoms with Crippen LogP contribution in [0.2, 0.25) is 0 Å². The van der Waals surface area contributed by atoms with Gasteiger partial charge in [-0.05, 0) is 42.3 Å². The van der Waals surface area contributed by atoms with E-state index in [1.807, 2.05) is 47.2 Å². The van der Waals surface area contributed by atoms with E-state index in [-0.39, 0.29) is 0 Å². The van der Waals surface area contributed by atoms with Crippen LogP contribution in [0.25, 0.3) is 16.6 Å². The van der Waals surface area contributed by atoms with Gasteiger partial charge in [-0.3, -0.25) is 0 Å². The molecule has 0 atom stereocenters. The van der Waals surface area contributed by atoms with Crippen molar-refractivity contribution in [3.8, 4) is 11.1 Å². The van der Waals surface area contributed by atoms with Gasteiger partial charge in [0.15, 0.2) is 0 Å². The van der Waals surface area contributed by atoms with Crippen molar-refractivity contribution in [3.63, 3.8) is 0 Å². The number of benzene rings is 1. The average molecular weight is 223 g/mol. The van der Waals surface area contributed by atoms with Gasteiger partial charge in [-0.25, -0.2) is 4.52 Å². The van der Waals surface area contributed by atoms with E-state index in [1.165, 1.54) is 5.56 Å². The molecule has 0 saturated heterocycles. The third kappa shape index (κ3) is 1.65. The molecule has 0 unspecified atom stereocenters. The lowest BCUT2D eigenvalue weighted by Crippen LogP contribution is -1.87. The molecule has 0 saturated carbocycles. The van der Waals surface area contributed by atoms with Crippen molar-refractivity contribution >= 4 is 11.2 Å². The number of nitrogens with two attached hydrogens (primary N) is 1. The van der Waals surface area contributed by atoms with Crippen LogP contribution < -0.4 is 5.73 Å². The molecule has 0 amide bonds. The van der Waals surface area contributed by atoms with Crippen LogP contribution in [-0.4, -0.2) is 9.61 Å². The Labute approximate surface area is 99.5 Å². The third-order valence-corrected chi connectivity index (χ3v) is 2.90. The lowest BCUT2D eigenvalue weighted by Gasteiger charge is -2.01. The summed E-state index contributed by atoms with van der Waals surface area (Å²) in [5.41, 5.74) is 11.1. The minimum atomic E-state index is 0.779. The van der Waals surface area contributed by atoms with E-state index < -0.39 is 0 Å². The molecule has 0 aliphatic heterocycles. The number of aromatic nitrogens is 2. The summed E-state index contributed by atoms with van der Waals surface area (Å²) >= 11 is 0. The molecule has 3 nitrogen and oxygen atoms in total. The molecule has 0 aliphatic carbocycles. The molecule has 2 aromatic heterocycles. The minimum Gasteiger partial charge on any atom is -0.399 e. The molecule has 0 bridgehead atoms. The Morgan fingerprint density at radius 1 is 1.12 bits per heavy atom. The van der Waals surface area contributed by atoms with Gasteiger partial charge in [0, 0.05) is 17.4 Å². The van der Waals surface area contributed by atoms with E-state index in [1.54, 1.807) is 0 Å². The second kappa shape index (κ2) is 3.63. The minimum absolute atomic E-state index is 0.779. The summed E-state index contributed by atoms with van der Waals surface area (Å²) in [7, 11) is 0. The van der Waals surface area contributed by atoms with E-state index in [0.29, 0.717) is 0 Å². The Kier molecular flexibility index (Phi) is 2.11. The Hall–Kier alpha value is -2.29. The average Bonchev–Trinajstić information content (AvgIpc) is 2.73. The molecular formula is C14H13N3. The first-order valence-corrected chi connectivity index (χ1v) is 5.54. The maximum absolute atomic E-state index is 5.70. The number of fused-ring (bicyclic) bond motifs is 1. The molecule has 84 valence electrons. The van der Waals surface area contributed by atoms with Crippen molar-refractivity contribution in [2.45, 2.75) is 6.92 Å². The fourth-order valence-corrected chi connectivity index (χ4v) is 1.97. The normalized spacial score (nSPS) is 10.9. The van der Waals surface area contributed by atoms with E-state index in [9.17, 15) is 0 Å². The standard InChI is InChI=1S/C14H13N3/c1-10-6-7-17-14(8-10)13(9-16-17)11-2-4-12(15)5-3-11/h2-9H,15H2,1H3. The maximum Gasteiger partial charge on any atom is 0.0742 e. The molecule has 1 aromatic carbocycles. The summed E-state index contributed by atoms with van der Waals surface area (Å²) in [6.07, 6.45) is 3.87. The number of pyridine rings is 1. The predicted molar refractivity (Wildman–Crippen MR) is 69.8 cm³/mol.